The fourth-order valence-electron chi connectivity index (χ4n) is 2.27. The molecule has 1 unspecified atom stereocenters. The minimum Gasteiger partial charge on any atom is -0.389 e. The van der Waals surface area contributed by atoms with Gasteiger partial charge in [0.2, 0.25) is 0 Å². The van der Waals surface area contributed by atoms with Crippen molar-refractivity contribution in [3.63, 3.8) is 0 Å². The Kier molecular flexibility index (Phi) is 7.82. The van der Waals surface area contributed by atoms with E-state index in [1.54, 1.807) is 0 Å². The van der Waals surface area contributed by atoms with Crippen LogP contribution in [0.4, 0.5) is 0 Å². The standard InChI is InChI=1S/C14H29NO2/c1-3-4-9-15-10-13(16)11-17-14-7-5-12(2)6-8-14/h12-16H,3-11H2,1-2H3. The number of hydrogen-bond donors (Lipinski definition) is 2. The summed E-state index contributed by atoms with van der Waals surface area (Å²) in [5.41, 5.74) is 0. The monoisotopic (exact) mass is 243 g/mol. The van der Waals surface area contributed by atoms with Gasteiger partial charge < -0.3 is 15.2 Å². The molecule has 0 amide bonds. The van der Waals surface area contributed by atoms with E-state index >= 15 is 0 Å². The quantitative estimate of drug-likeness (QED) is 0.643. The zero-order valence-corrected chi connectivity index (χ0v) is 11.5. The molecule has 0 aromatic heterocycles. The van der Waals surface area contributed by atoms with Crippen LogP contribution in [0.1, 0.15) is 52.4 Å². The molecule has 1 saturated carbocycles. The molecule has 3 nitrogen and oxygen atoms in total. The number of hydrogen-bond acceptors (Lipinski definition) is 3. The molecule has 0 radical (unpaired) electrons. The normalized spacial score (nSPS) is 27.0. The SMILES string of the molecule is CCCCNCC(O)COC1CCC(C)CC1. The molecule has 1 aliphatic rings. The summed E-state index contributed by atoms with van der Waals surface area (Å²) in [4.78, 5) is 0. The fraction of sp³-hybridized carbons (Fsp3) is 1.00. The maximum Gasteiger partial charge on any atom is 0.0897 e. The first-order valence-electron chi connectivity index (χ1n) is 7.22. The summed E-state index contributed by atoms with van der Waals surface area (Å²) < 4.78 is 5.76. The van der Waals surface area contributed by atoms with Crippen molar-refractivity contribution in [3.05, 3.63) is 0 Å². The number of ether oxygens (including phenoxy) is 1. The molecule has 0 aromatic carbocycles. The minimum absolute atomic E-state index is 0.355. The van der Waals surface area contributed by atoms with Crippen molar-refractivity contribution in [3.8, 4) is 0 Å². The largest absolute Gasteiger partial charge is 0.389 e. The van der Waals surface area contributed by atoms with Crippen LogP contribution in [0.5, 0.6) is 0 Å². The maximum atomic E-state index is 9.74. The van der Waals surface area contributed by atoms with Gasteiger partial charge in [0.15, 0.2) is 0 Å². The van der Waals surface area contributed by atoms with Crippen LogP contribution in [0, 0.1) is 5.92 Å². The van der Waals surface area contributed by atoms with Crippen LogP contribution < -0.4 is 5.32 Å². The van der Waals surface area contributed by atoms with E-state index in [9.17, 15) is 5.11 Å². The van der Waals surface area contributed by atoms with E-state index < -0.39 is 0 Å². The average Bonchev–Trinajstić information content (AvgIpc) is 2.34. The van der Waals surface area contributed by atoms with Gasteiger partial charge in [-0.15, -0.1) is 0 Å². The van der Waals surface area contributed by atoms with Crippen molar-refractivity contribution < 1.29 is 9.84 Å². The highest BCUT2D eigenvalue weighted by molar-refractivity contribution is 4.70. The highest BCUT2D eigenvalue weighted by Crippen LogP contribution is 2.25. The second-order valence-corrected chi connectivity index (χ2v) is 5.43. The van der Waals surface area contributed by atoms with Gasteiger partial charge in [-0.05, 0) is 44.6 Å². The summed E-state index contributed by atoms with van der Waals surface area (Å²) in [7, 11) is 0. The van der Waals surface area contributed by atoms with E-state index in [0.29, 0.717) is 19.3 Å². The summed E-state index contributed by atoms with van der Waals surface area (Å²) in [6.07, 6.45) is 7.27. The fourth-order valence-corrected chi connectivity index (χ4v) is 2.27. The lowest BCUT2D eigenvalue weighted by molar-refractivity contribution is -0.0277. The Bertz CT molecular complexity index is 179. The molecule has 1 atom stereocenters. The highest BCUT2D eigenvalue weighted by atomic mass is 16.5. The van der Waals surface area contributed by atoms with Gasteiger partial charge >= 0.3 is 0 Å². The summed E-state index contributed by atoms with van der Waals surface area (Å²) in [5, 5.41) is 13.0. The van der Waals surface area contributed by atoms with Gasteiger partial charge in [-0.25, -0.2) is 0 Å². The van der Waals surface area contributed by atoms with Crippen molar-refractivity contribution >= 4 is 0 Å². The van der Waals surface area contributed by atoms with E-state index in [0.717, 1.165) is 25.3 Å². The van der Waals surface area contributed by atoms with Crippen LogP contribution in [-0.4, -0.2) is 37.0 Å². The Hall–Kier alpha value is -0.120. The molecule has 1 aliphatic carbocycles. The van der Waals surface area contributed by atoms with Gasteiger partial charge in [-0.2, -0.15) is 0 Å². The minimum atomic E-state index is -0.355. The molecule has 3 heteroatoms. The molecule has 17 heavy (non-hydrogen) atoms. The lowest BCUT2D eigenvalue weighted by atomic mass is 9.89. The Morgan fingerprint density at radius 2 is 2.00 bits per heavy atom. The third-order valence-corrected chi connectivity index (χ3v) is 3.57. The lowest BCUT2D eigenvalue weighted by Gasteiger charge is -2.27. The van der Waals surface area contributed by atoms with Gasteiger partial charge in [-0.3, -0.25) is 0 Å². The van der Waals surface area contributed by atoms with Crippen LogP contribution in [0.25, 0.3) is 0 Å². The van der Waals surface area contributed by atoms with E-state index in [-0.39, 0.29) is 6.10 Å². The van der Waals surface area contributed by atoms with Crippen LogP contribution in [0.3, 0.4) is 0 Å². The van der Waals surface area contributed by atoms with Crippen molar-refractivity contribution in [2.45, 2.75) is 64.6 Å². The average molecular weight is 243 g/mol. The predicted molar refractivity (Wildman–Crippen MR) is 71.2 cm³/mol. The number of nitrogens with one attached hydrogen (secondary N) is 1. The first-order valence-corrected chi connectivity index (χ1v) is 7.22. The summed E-state index contributed by atoms with van der Waals surface area (Å²) in [6.45, 7) is 6.61. The predicted octanol–water partition coefficient (Wildman–Crippen LogP) is 2.33. The van der Waals surface area contributed by atoms with Gasteiger partial charge in [0.1, 0.15) is 0 Å². The van der Waals surface area contributed by atoms with E-state index in [2.05, 4.69) is 19.2 Å². The van der Waals surface area contributed by atoms with Crippen LogP contribution in [-0.2, 0) is 4.74 Å². The molecule has 0 aromatic rings. The number of unbranched alkanes of at least 4 members (excludes halogenated alkanes) is 1. The van der Waals surface area contributed by atoms with Gasteiger partial charge in [0.25, 0.3) is 0 Å². The first-order chi connectivity index (χ1) is 8.22. The van der Waals surface area contributed by atoms with Crippen LogP contribution >= 0.6 is 0 Å². The highest BCUT2D eigenvalue weighted by Gasteiger charge is 2.19. The summed E-state index contributed by atoms with van der Waals surface area (Å²) in [5.74, 6) is 0.857. The second kappa shape index (κ2) is 8.90. The van der Waals surface area contributed by atoms with Crippen LogP contribution in [0.2, 0.25) is 0 Å². The Balaban J connectivity index is 1.97. The molecule has 1 rings (SSSR count). The molecular formula is C14H29NO2. The Morgan fingerprint density at radius 3 is 2.65 bits per heavy atom. The Morgan fingerprint density at radius 1 is 1.29 bits per heavy atom. The molecule has 2 N–H and O–H groups in total. The van der Waals surface area contributed by atoms with Gasteiger partial charge in [0, 0.05) is 6.54 Å². The third kappa shape index (κ3) is 7.02. The van der Waals surface area contributed by atoms with Crippen molar-refractivity contribution in [1.82, 2.24) is 5.32 Å². The van der Waals surface area contributed by atoms with Gasteiger partial charge in [-0.1, -0.05) is 20.3 Å². The molecule has 1 fully saturated rings. The molecule has 0 heterocycles. The van der Waals surface area contributed by atoms with Crippen molar-refractivity contribution in [2.24, 2.45) is 5.92 Å². The van der Waals surface area contributed by atoms with E-state index in [1.165, 1.54) is 25.7 Å². The third-order valence-electron chi connectivity index (χ3n) is 3.57. The zero-order valence-electron chi connectivity index (χ0n) is 11.5. The lowest BCUT2D eigenvalue weighted by Crippen LogP contribution is -2.33. The second-order valence-electron chi connectivity index (χ2n) is 5.43. The molecule has 102 valence electrons. The van der Waals surface area contributed by atoms with Crippen molar-refractivity contribution in [1.29, 1.82) is 0 Å². The molecule has 0 aliphatic heterocycles. The van der Waals surface area contributed by atoms with Gasteiger partial charge in [0.05, 0.1) is 18.8 Å². The molecule has 0 bridgehead atoms. The maximum absolute atomic E-state index is 9.74. The summed E-state index contributed by atoms with van der Waals surface area (Å²) >= 11 is 0. The first kappa shape index (κ1) is 14.9. The number of aliphatic hydroxyl groups is 1. The molecule has 0 saturated heterocycles. The number of rotatable bonds is 8. The smallest absolute Gasteiger partial charge is 0.0897 e. The summed E-state index contributed by atoms with van der Waals surface area (Å²) in [6, 6.07) is 0. The van der Waals surface area contributed by atoms with Crippen LogP contribution in [0.15, 0.2) is 0 Å². The topological polar surface area (TPSA) is 41.5 Å². The zero-order chi connectivity index (χ0) is 12.5. The van der Waals surface area contributed by atoms with Crippen molar-refractivity contribution in [2.75, 3.05) is 19.7 Å². The number of aliphatic hydroxyl groups excluding tert-OH is 1. The molecule has 0 spiro atoms. The van der Waals surface area contributed by atoms with E-state index in [4.69, 9.17) is 4.74 Å². The molecular weight excluding hydrogens is 214 g/mol. The Labute approximate surface area is 106 Å². The van der Waals surface area contributed by atoms with E-state index in [1.807, 2.05) is 0 Å².